The summed E-state index contributed by atoms with van der Waals surface area (Å²) in [7, 11) is 1.50. The van der Waals surface area contributed by atoms with Gasteiger partial charge in [-0.15, -0.1) is 0 Å². The SMILES string of the molecule is COOc1cc2c3c4c(c(C)[nH]c14)C1OC3(CN2)O1. The molecule has 6 nitrogen and oxygen atoms in total. The first kappa shape index (κ1) is 10.1. The highest BCUT2D eigenvalue weighted by Gasteiger charge is 2.59. The zero-order valence-corrected chi connectivity index (χ0v) is 10.5. The zero-order valence-electron chi connectivity index (χ0n) is 10.5. The molecule has 0 unspecified atom stereocenters. The fraction of sp³-hybridized carbons (Fsp3) is 0.385. The van der Waals surface area contributed by atoms with Gasteiger partial charge < -0.3 is 24.7 Å². The van der Waals surface area contributed by atoms with E-state index in [2.05, 4.69) is 10.3 Å². The molecule has 98 valence electrons. The predicted molar refractivity (Wildman–Crippen MR) is 65.8 cm³/mol. The molecule has 1 saturated heterocycles. The van der Waals surface area contributed by atoms with Gasteiger partial charge in [-0.3, -0.25) is 0 Å². The Hall–Kier alpha value is -1.76. The maximum absolute atomic E-state index is 5.94. The molecular weight excluding hydrogens is 248 g/mol. The number of nitrogens with one attached hydrogen (secondary N) is 2. The van der Waals surface area contributed by atoms with E-state index in [9.17, 15) is 0 Å². The van der Waals surface area contributed by atoms with Crippen LogP contribution in [0.5, 0.6) is 5.75 Å². The Bertz CT molecular complexity index is 730. The predicted octanol–water partition coefficient (Wildman–Crippen LogP) is 2.05. The first-order chi connectivity index (χ1) is 9.23. The van der Waals surface area contributed by atoms with Gasteiger partial charge in [-0.2, -0.15) is 4.89 Å². The molecular formula is C13H12N2O4. The average Bonchev–Trinajstić information content (AvgIpc) is 2.88. The number of ether oxygens (including phenoxy) is 2. The third kappa shape index (κ3) is 0.938. The number of anilines is 1. The van der Waals surface area contributed by atoms with Crippen LogP contribution >= 0.6 is 0 Å². The Kier molecular flexibility index (Phi) is 1.52. The molecule has 2 bridgehead atoms. The number of H-pyrrole nitrogens is 1. The minimum atomic E-state index is -0.606. The maximum atomic E-state index is 5.94. The molecule has 6 heteroatoms. The number of benzene rings is 1. The molecule has 2 N–H and O–H groups in total. The van der Waals surface area contributed by atoms with Crippen molar-refractivity contribution in [3.05, 3.63) is 22.9 Å². The Morgan fingerprint density at radius 2 is 2.26 bits per heavy atom. The van der Waals surface area contributed by atoms with Crippen molar-refractivity contribution in [2.45, 2.75) is 19.0 Å². The minimum Gasteiger partial charge on any atom is -0.379 e. The lowest BCUT2D eigenvalue weighted by Crippen LogP contribution is -2.50. The van der Waals surface area contributed by atoms with Crippen LogP contribution in [0.3, 0.4) is 0 Å². The van der Waals surface area contributed by atoms with Crippen molar-refractivity contribution in [1.29, 1.82) is 0 Å². The summed E-state index contributed by atoms with van der Waals surface area (Å²) in [5, 5.41) is 4.46. The third-order valence-corrected chi connectivity index (χ3v) is 4.17. The van der Waals surface area contributed by atoms with Gasteiger partial charge in [0.2, 0.25) is 5.79 Å². The molecule has 19 heavy (non-hydrogen) atoms. The van der Waals surface area contributed by atoms with Crippen molar-refractivity contribution < 1.29 is 19.2 Å². The quantitative estimate of drug-likeness (QED) is 0.639. The average molecular weight is 260 g/mol. The van der Waals surface area contributed by atoms with Crippen LogP contribution in [-0.2, 0) is 20.1 Å². The summed E-state index contributed by atoms with van der Waals surface area (Å²) in [4.78, 5) is 13.4. The second-order valence-corrected chi connectivity index (χ2v) is 5.14. The second-order valence-electron chi connectivity index (χ2n) is 5.14. The van der Waals surface area contributed by atoms with Gasteiger partial charge in [0.25, 0.3) is 0 Å². The fourth-order valence-corrected chi connectivity index (χ4v) is 3.45. The molecule has 4 aliphatic heterocycles. The second kappa shape index (κ2) is 2.87. The molecule has 2 aromatic rings. The van der Waals surface area contributed by atoms with Crippen molar-refractivity contribution in [2.75, 3.05) is 19.0 Å². The van der Waals surface area contributed by atoms with Gasteiger partial charge in [0.05, 0.1) is 19.2 Å². The van der Waals surface area contributed by atoms with Crippen LogP contribution in [0.25, 0.3) is 10.9 Å². The summed E-state index contributed by atoms with van der Waals surface area (Å²) in [6.45, 7) is 2.65. The summed E-state index contributed by atoms with van der Waals surface area (Å²) in [6.07, 6.45) is -0.271. The standard InChI is InChI=1S/C13H12N2O4/c1-5-8-9-10-6(3-7(19-16-2)11(9)15-5)14-4-13(10)17-12(8)18-13/h3,12,14-15H,4H2,1-2H3. The Balaban J connectivity index is 1.95. The topological polar surface area (TPSA) is 64.7 Å². The van der Waals surface area contributed by atoms with Crippen LogP contribution < -0.4 is 10.2 Å². The largest absolute Gasteiger partial charge is 0.379 e. The van der Waals surface area contributed by atoms with Crippen LogP contribution in [0.4, 0.5) is 5.69 Å². The number of rotatable bonds is 2. The van der Waals surface area contributed by atoms with Crippen LogP contribution in [0.1, 0.15) is 23.1 Å². The van der Waals surface area contributed by atoms with E-state index < -0.39 is 5.79 Å². The molecule has 5 heterocycles. The van der Waals surface area contributed by atoms with Crippen molar-refractivity contribution in [3.8, 4) is 5.75 Å². The van der Waals surface area contributed by atoms with Gasteiger partial charge in [-0.25, -0.2) is 0 Å². The third-order valence-electron chi connectivity index (χ3n) is 4.17. The van der Waals surface area contributed by atoms with Crippen molar-refractivity contribution in [3.63, 3.8) is 0 Å². The lowest BCUT2D eigenvalue weighted by molar-refractivity contribution is -0.463. The smallest absolute Gasteiger partial charge is 0.221 e. The van der Waals surface area contributed by atoms with Crippen LogP contribution in [0.15, 0.2) is 6.07 Å². The molecule has 4 aliphatic rings. The van der Waals surface area contributed by atoms with E-state index in [0.29, 0.717) is 12.3 Å². The number of aryl methyl sites for hydroxylation is 1. The molecule has 1 aromatic carbocycles. The number of hydrogen-bond donors (Lipinski definition) is 2. The van der Waals surface area contributed by atoms with Gasteiger partial charge in [0, 0.05) is 34.0 Å². The molecule has 0 radical (unpaired) electrons. The van der Waals surface area contributed by atoms with Crippen molar-refractivity contribution >= 4 is 16.6 Å². The van der Waals surface area contributed by atoms with Crippen LogP contribution in [0.2, 0.25) is 0 Å². The summed E-state index contributed by atoms with van der Waals surface area (Å²) in [5.74, 6) is 0.0716. The molecule has 0 atom stereocenters. The Morgan fingerprint density at radius 1 is 1.42 bits per heavy atom. The van der Waals surface area contributed by atoms with E-state index in [1.165, 1.54) is 7.11 Å². The van der Waals surface area contributed by atoms with Crippen LogP contribution in [0, 0.1) is 6.92 Å². The number of hydrogen-bond acceptors (Lipinski definition) is 5. The first-order valence-corrected chi connectivity index (χ1v) is 6.23. The molecule has 0 amide bonds. The fourth-order valence-electron chi connectivity index (χ4n) is 3.45. The van der Waals surface area contributed by atoms with Crippen molar-refractivity contribution in [2.24, 2.45) is 0 Å². The highest BCUT2D eigenvalue weighted by molar-refractivity contribution is 5.99. The van der Waals surface area contributed by atoms with Gasteiger partial charge in [-0.1, -0.05) is 0 Å². The summed E-state index contributed by atoms with van der Waals surface area (Å²) in [5.41, 5.74) is 5.11. The lowest BCUT2D eigenvalue weighted by Gasteiger charge is -2.48. The van der Waals surface area contributed by atoms with Gasteiger partial charge >= 0.3 is 0 Å². The van der Waals surface area contributed by atoms with E-state index in [1.807, 2.05) is 13.0 Å². The van der Waals surface area contributed by atoms with E-state index in [0.717, 1.165) is 33.4 Å². The normalized spacial score (nSPS) is 29.3. The molecule has 0 saturated carbocycles. The Morgan fingerprint density at radius 3 is 3.05 bits per heavy atom. The van der Waals surface area contributed by atoms with E-state index in [-0.39, 0.29) is 6.29 Å². The molecule has 1 aromatic heterocycles. The van der Waals surface area contributed by atoms with Gasteiger partial charge in [0.15, 0.2) is 12.0 Å². The van der Waals surface area contributed by atoms with E-state index in [4.69, 9.17) is 19.2 Å². The monoisotopic (exact) mass is 260 g/mol. The molecule has 1 fully saturated rings. The zero-order chi connectivity index (χ0) is 12.8. The van der Waals surface area contributed by atoms with E-state index in [1.54, 1.807) is 0 Å². The number of aromatic amines is 1. The summed E-state index contributed by atoms with van der Waals surface area (Å²) in [6, 6.07) is 1.92. The highest BCUT2D eigenvalue weighted by Crippen LogP contribution is 2.61. The highest BCUT2D eigenvalue weighted by atomic mass is 17.2. The molecule has 6 rings (SSSR count). The summed E-state index contributed by atoms with van der Waals surface area (Å²) >= 11 is 0. The first-order valence-electron chi connectivity index (χ1n) is 6.23. The maximum Gasteiger partial charge on any atom is 0.221 e. The Labute approximate surface area is 108 Å². The molecule has 1 spiro atoms. The van der Waals surface area contributed by atoms with Gasteiger partial charge in [0.1, 0.15) is 0 Å². The van der Waals surface area contributed by atoms with Crippen molar-refractivity contribution in [1.82, 2.24) is 4.98 Å². The minimum absolute atomic E-state index is 0.271. The molecule has 0 aliphatic carbocycles. The number of aromatic nitrogens is 1. The lowest BCUT2D eigenvalue weighted by atomic mass is 9.92. The van der Waals surface area contributed by atoms with Gasteiger partial charge in [-0.05, 0) is 6.92 Å². The van der Waals surface area contributed by atoms with Crippen LogP contribution in [-0.4, -0.2) is 18.6 Å². The summed E-state index contributed by atoms with van der Waals surface area (Å²) < 4.78 is 11.9. The van der Waals surface area contributed by atoms with E-state index >= 15 is 0 Å².